The molecule has 1 atom stereocenters. The van der Waals surface area contributed by atoms with E-state index in [9.17, 15) is 24.2 Å². The lowest BCUT2D eigenvalue weighted by Crippen LogP contribution is -2.29. The Hall–Kier alpha value is -4.53. The number of halogens is 1. The Labute approximate surface area is 206 Å². The largest absolute Gasteiger partial charge is 0.507 e. The topological polar surface area (TPSA) is 106 Å². The highest BCUT2D eigenvalue weighted by Crippen LogP contribution is 2.48. The Balaban J connectivity index is 2.04. The molecule has 9 heteroatoms. The van der Waals surface area contributed by atoms with Crippen molar-refractivity contribution in [2.45, 2.75) is 13.0 Å². The Morgan fingerprint density at radius 3 is 2.14 bits per heavy atom. The van der Waals surface area contributed by atoms with Crippen LogP contribution >= 0.6 is 0 Å². The molecule has 4 rings (SSSR count). The summed E-state index contributed by atoms with van der Waals surface area (Å²) in [6, 6.07) is 11.8. The smallest absolute Gasteiger partial charge is 0.300 e. The van der Waals surface area contributed by atoms with Crippen LogP contribution in [0.5, 0.6) is 23.0 Å². The monoisotopic (exact) mass is 493 g/mol. The third-order valence-corrected chi connectivity index (χ3v) is 6.02. The number of aliphatic hydroxyl groups is 1. The molecule has 0 aromatic heterocycles. The lowest BCUT2D eigenvalue weighted by Gasteiger charge is -2.27. The number of methoxy groups -OCH3 is 3. The SMILES string of the molecule is COc1cc(C2/C(=C(\O)c3ccc(F)c(C)c3)C(=O)C(=O)N2c2ccccc2O)cc(OC)c1OC. The number of aromatic hydroxyl groups is 1. The molecule has 0 bridgehead atoms. The predicted molar refractivity (Wildman–Crippen MR) is 130 cm³/mol. The molecule has 186 valence electrons. The summed E-state index contributed by atoms with van der Waals surface area (Å²) in [7, 11) is 4.27. The molecular weight excluding hydrogens is 469 g/mol. The minimum atomic E-state index is -1.18. The first-order chi connectivity index (χ1) is 17.2. The maximum absolute atomic E-state index is 13.9. The van der Waals surface area contributed by atoms with E-state index in [1.807, 2.05) is 0 Å². The molecular formula is C27H24FNO7. The van der Waals surface area contributed by atoms with E-state index in [4.69, 9.17) is 14.2 Å². The number of carbonyl (C=O) groups is 2. The molecule has 1 heterocycles. The average Bonchev–Trinajstić information content (AvgIpc) is 3.14. The number of benzene rings is 3. The highest BCUT2D eigenvalue weighted by molar-refractivity contribution is 6.52. The van der Waals surface area contributed by atoms with Crippen molar-refractivity contribution in [1.29, 1.82) is 0 Å². The number of hydrogen-bond donors (Lipinski definition) is 2. The summed E-state index contributed by atoms with van der Waals surface area (Å²) in [6.07, 6.45) is 0. The van der Waals surface area contributed by atoms with Crippen LogP contribution in [0, 0.1) is 12.7 Å². The second kappa shape index (κ2) is 9.61. The zero-order chi connectivity index (χ0) is 26.1. The number of carbonyl (C=O) groups excluding carboxylic acids is 2. The number of para-hydroxylation sites is 2. The molecule has 1 fully saturated rings. The van der Waals surface area contributed by atoms with E-state index >= 15 is 0 Å². The van der Waals surface area contributed by atoms with Gasteiger partial charge in [0.15, 0.2) is 11.5 Å². The number of aliphatic hydroxyl groups excluding tert-OH is 1. The number of aryl methyl sites for hydroxylation is 1. The summed E-state index contributed by atoms with van der Waals surface area (Å²) in [5, 5.41) is 21.8. The van der Waals surface area contributed by atoms with Gasteiger partial charge in [-0.15, -0.1) is 0 Å². The maximum Gasteiger partial charge on any atom is 0.300 e. The van der Waals surface area contributed by atoms with Crippen LogP contribution in [-0.4, -0.2) is 43.2 Å². The van der Waals surface area contributed by atoms with Crippen molar-refractivity contribution >= 4 is 23.1 Å². The minimum Gasteiger partial charge on any atom is -0.507 e. The first-order valence-corrected chi connectivity index (χ1v) is 10.9. The molecule has 1 amide bonds. The van der Waals surface area contributed by atoms with Gasteiger partial charge in [0.05, 0.1) is 38.6 Å². The number of nitrogens with zero attached hydrogens (tertiary/aromatic N) is 1. The zero-order valence-electron chi connectivity index (χ0n) is 20.0. The van der Waals surface area contributed by atoms with Gasteiger partial charge in [0.2, 0.25) is 5.75 Å². The van der Waals surface area contributed by atoms with Gasteiger partial charge in [0, 0.05) is 5.56 Å². The Kier molecular flexibility index (Phi) is 6.57. The van der Waals surface area contributed by atoms with Crippen LogP contribution in [0.3, 0.4) is 0 Å². The van der Waals surface area contributed by atoms with Crippen molar-refractivity contribution in [3.63, 3.8) is 0 Å². The molecule has 3 aromatic carbocycles. The number of rotatable bonds is 6. The van der Waals surface area contributed by atoms with Gasteiger partial charge in [0.1, 0.15) is 17.3 Å². The molecule has 1 aliphatic rings. The van der Waals surface area contributed by atoms with Crippen LogP contribution < -0.4 is 19.1 Å². The van der Waals surface area contributed by atoms with Crippen molar-refractivity contribution in [1.82, 2.24) is 0 Å². The van der Waals surface area contributed by atoms with E-state index in [0.717, 1.165) is 11.0 Å². The third kappa shape index (κ3) is 3.98. The average molecular weight is 493 g/mol. The van der Waals surface area contributed by atoms with Gasteiger partial charge in [0.25, 0.3) is 11.7 Å². The molecule has 0 saturated carbocycles. The van der Waals surface area contributed by atoms with Crippen molar-refractivity contribution in [3.05, 3.63) is 82.7 Å². The number of hydrogen-bond acceptors (Lipinski definition) is 7. The first kappa shape index (κ1) is 24.6. The van der Waals surface area contributed by atoms with Gasteiger partial charge in [-0.1, -0.05) is 12.1 Å². The number of ether oxygens (including phenoxy) is 3. The van der Waals surface area contributed by atoms with Gasteiger partial charge in [-0.3, -0.25) is 14.5 Å². The Bertz CT molecular complexity index is 1370. The van der Waals surface area contributed by atoms with Crippen molar-refractivity contribution in [2.75, 3.05) is 26.2 Å². The summed E-state index contributed by atoms with van der Waals surface area (Å²) in [5.41, 5.74) is 0.559. The highest BCUT2D eigenvalue weighted by Gasteiger charge is 2.48. The second-order valence-corrected chi connectivity index (χ2v) is 8.08. The van der Waals surface area contributed by atoms with E-state index in [2.05, 4.69) is 0 Å². The zero-order valence-corrected chi connectivity index (χ0v) is 20.0. The quantitative estimate of drug-likeness (QED) is 0.296. The molecule has 0 radical (unpaired) electrons. The van der Waals surface area contributed by atoms with E-state index < -0.39 is 29.3 Å². The van der Waals surface area contributed by atoms with Crippen LogP contribution in [0.25, 0.3) is 5.76 Å². The van der Waals surface area contributed by atoms with Gasteiger partial charge < -0.3 is 24.4 Å². The summed E-state index contributed by atoms with van der Waals surface area (Å²) < 4.78 is 30.2. The molecule has 8 nitrogen and oxygen atoms in total. The lowest BCUT2D eigenvalue weighted by molar-refractivity contribution is -0.132. The number of phenols is 1. The number of anilines is 1. The van der Waals surface area contributed by atoms with E-state index in [-0.39, 0.29) is 45.4 Å². The summed E-state index contributed by atoms with van der Waals surface area (Å²) in [5.74, 6) is -2.35. The number of Topliss-reactive ketones (excluding diaryl/α,β-unsaturated/α-hetero) is 1. The fourth-order valence-corrected chi connectivity index (χ4v) is 4.27. The molecule has 36 heavy (non-hydrogen) atoms. The van der Waals surface area contributed by atoms with Crippen LogP contribution in [0.1, 0.15) is 22.7 Å². The molecule has 2 N–H and O–H groups in total. The van der Waals surface area contributed by atoms with E-state index in [0.29, 0.717) is 5.56 Å². The molecule has 0 aliphatic carbocycles. The van der Waals surface area contributed by atoms with Crippen LogP contribution in [0.4, 0.5) is 10.1 Å². The second-order valence-electron chi connectivity index (χ2n) is 8.08. The van der Waals surface area contributed by atoms with E-state index in [1.54, 1.807) is 24.3 Å². The van der Waals surface area contributed by atoms with Gasteiger partial charge in [-0.2, -0.15) is 0 Å². The summed E-state index contributed by atoms with van der Waals surface area (Å²) in [4.78, 5) is 27.7. The highest BCUT2D eigenvalue weighted by atomic mass is 19.1. The standard InChI is InChI=1S/C27H24FNO7/c1-14-11-15(9-10-17(14)28)24(31)22-23(16-12-20(34-2)26(36-4)21(13-16)35-3)29(27(33)25(22)32)18-7-5-6-8-19(18)30/h5-13,23,30-31H,1-4H3/b24-22+. The Morgan fingerprint density at radius 2 is 1.58 bits per heavy atom. The molecule has 1 saturated heterocycles. The number of ketones is 1. The predicted octanol–water partition coefficient (Wildman–Crippen LogP) is 4.49. The minimum absolute atomic E-state index is 0.0627. The van der Waals surface area contributed by atoms with E-state index in [1.165, 1.54) is 52.5 Å². The third-order valence-electron chi connectivity index (χ3n) is 6.02. The van der Waals surface area contributed by atoms with Crippen molar-refractivity contribution < 1.29 is 38.4 Å². The van der Waals surface area contributed by atoms with Crippen molar-refractivity contribution in [3.8, 4) is 23.0 Å². The summed E-state index contributed by atoms with van der Waals surface area (Å²) in [6.45, 7) is 1.52. The lowest BCUT2D eigenvalue weighted by atomic mass is 9.94. The number of phenolic OH excluding ortho intramolecular Hbond substituents is 1. The summed E-state index contributed by atoms with van der Waals surface area (Å²) >= 11 is 0. The fraction of sp³-hybridized carbons (Fsp3) is 0.185. The Morgan fingerprint density at radius 1 is 0.944 bits per heavy atom. The fourth-order valence-electron chi connectivity index (χ4n) is 4.27. The van der Waals surface area contributed by atoms with Crippen LogP contribution in [0.2, 0.25) is 0 Å². The van der Waals surface area contributed by atoms with Crippen LogP contribution in [0.15, 0.2) is 60.2 Å². The van der Waals surface area contributed by atoms with Gasteiger partial charge >= 0.3 is 0 Å². The van der Waals surface area contributed by atoms with Crippen LogP contribution in [-0.2, 0) is 9.59 Å². The number of amides is 1. The first-order valence-electron chi connectivity index (χ1n) is 10.9. The van der Waals surface area contributed by atoms with Gasteiger partial charge in [-0.25, -0.2) is 4.39 Å². The maximum atomic E-state index is 13.9. The molecule has 3 aromatic rings. The van der Waals surface area contributed by atoms with Crippen molar-refractivity contribution in [2.24, 2.45) is 0 Å². The van der Waals surface area contributed by atoms with Gasteiger partial charge in [-0.05, 0) is 60.5 Å². The molecule has 1 unspecified atom stereocenters. The normalized spacial score (nSPS) is 16.8. The molecule has 0 spiro atoms. The molecule has 1 aliphatic heterocycles.